The lowest BCUT2D eigenvalue weighted by Crippen LogP contribution is -2.41. The lowest BCUT2D eigenvalue weighted by Gasteiger charge is -2.16. The van der Waals surface area contributed by atoms with Crippen molar-refractivity contribution in [2.45, 2.75) is 31.2 Å². The summed E-state index contributed by atoms with van der Waals surface area (Å²) in [5, 5.41) is 9.60. The summed E-state index contributed by atoms with van der Waals surface area (Å²) >= 11 is 1.11. The van der Waals surface area contributed by atoms with Crippen LogP contribution in [0.15, 0.2) is 34.7 Å². The highest BCUT2D eigenvalue weighted by Gasteiger charge is 2.26. The molecule has 1 fully saturated rings. The fraction of sp³-hybridized carbons (Fsp3) is 0.476. The Kier molecular flexibility index (Phi) is 8.75. The van der Waals surface area contributed by atoms with Crippen LogP contribution in [-0.4, -0.2) is 69.0 Å². The van der Waals surface area contributed by atoms with Gasteiger partial charge in [-0.05, 0) is 38.1 Å². The SMILES string of the molecule is CS(=O)(=O)C1=CSC(NC(=O)c2ccccc2OC(=O)CCC(=O)NCCN2CCCC2)N1. The highest BCUT2D eigenvalue weighted by molar-refractivity contribution is 8.04. The zero-order valence-corrected chi connectivity index (χ0v) is 20.0. The molecule has 2 amide bonds. The molecular formula is C21H28N4O6S2. The van der Waals surface area contributed by atoms with Crippen molar-refractivity contribution in [3.05, 3.63) is 40.3 Å². The number of ether oxygens (including phenoxy) is 1. The lowest BCUT2D eigenvalue weighted by atomic mass is 10.2. The minimum absolute atomic E-state index is 0.00420. The summed E-state index contributed by atoms with van der Waals surface area (Å²) in [6.07, 6.45) is 3.32. The monoisotopic (exact) mass is 496 g/mol. The first-order valence-electron chi connectivity index (χ1n) is 10.6. The second-order valence-corrected chi connectivity index (χ2v) is 10.7. The number of carbonyl (C=O) groups is 3. The molecule has 1 unspecified atom stereocenters. The van der Waals surface area contributed by atoms with Crippen molar-refractivity contribution < 1.29 is 27.5 Å². The molecule has 2 aliphatic rings. The number of benzene rings is 1. The number of carbonyl (C=O) groups excluding carboxylic acids is 3. The van der Waals surface area contributed by atoms with Gasteiger partial charge in [-0.25, -0.2) is 8.42 Å². The first-order chi connectivity index (χ1) is 15.7. The zero-order chi connectivity index (χ0) is 23.8. The van der Waals surface area contributed by atoms with E-state index in [1.54, 1.807) is 12.1 Å². The first kappa shape index (κ1) is 25.1. The van der Waals surface area contributed by atoms with E-state index in [-0.39, 0.29) is 35.1 Å². The first-order valence-corrected chi connectivity index (χ1v) is 13.5. The molecule has 2 aliphatic heterocycles. The van der Waals surface area contributed by atoms with Gasteiger partial charge < -0.3 is 25.6 Å². The van der Waals surface area contributed by atoms with Crippen molar-refractivity contribution in [3.63, 3.8) is 0 Å². The molecule has 12 heteroatoms. The van der Waals surface area contributed by atoms with Crippen molar-refractivity contribution in [3.8, 4) is 5.75 Å². The fourth-order valence-corrected chi connectivity index (χ4v) is 5.34. The Labute approximate surface area is 197 Å². The molecule has 3 N–H and O–H groups in total. The van der Waals surface area contributed by atoms with Gasteiger partial charge in [-0.3, -0.25) is 14.4 Å². The van der Waals surface area contributed by atoms with Gasteiger partial charge in [0, 0.05) is 31.2 Å². The summed E-state index contributed by atoms with van der Waals surface area (Å²) < 4.78 is 28.5. The summed E-state index contributed by atoms with van der Waals surface area (Å²) in [6.45, 7) is 3.45. The van der Waals surface area contributed by atoms with Gasteiger partial charge in [0.25, 0.3) is 5.91 Å². The van der Waals surface area contributed by atoms with Gasteiger partial charge in [0.15, 0.2) is 15.3 Å². The van der Waals surface area contributed by atoms with Gasteiger partial charge in [0.2, 0.25) is 5.91 Å². The third-order valence-corrected chi connectivity index (χ3v) is 7.17. The summed E-state index contributed by atoms with van der Waals surface area (Å²) in [5.41, 5.74) is -0.550. The number of esters is 1. The molecule has 0 aromatic heterocycles. The Hall–Kier alpha value is -2.57. The molecule has 0 saturated carbocycles. The molecule has 0 aliphatic carbocycles. The van der Waals surface area contributed by atoms with E-state index in [2.05, 4.69) is 20.9 Å². The predicted molar refractivity (Wildman–Crippen MR) is 125 cm³/mol. The maximum absolute atomic E-state index is 12.7. The molecule has 180 valence electrons. The number of thioether (sulfide) groups is 1. The normalized spacial score (nSPS) is 18.3. The standard InChI is InChI=1S/C21H28N4O6S2/c1-33(29,30)18-14-32-21(23-18)24-20(28)15-6-2-3-7-16(15)31-19(27)9-8-17(26)22-10-13-25-11-4-5-12-25/h2-3,6-7,14,21,23H,4-5,8-13H2,1H3,(H,22,26)(H,24,28). The van der Waals surface area contributed by atoms with Crippen LogP contribution in [0.5, 0.6) is 5.75 Å². The molecule has 1 aromatic rings. The Morgan fingerprint density at radius 1 is 1.18 bits per heavy atom. The number of hydrogen-bond donors (Lipinski definition) is 3. The van der Waals surface area contributed by atoms with Crippen molar-refractivity contribution in [2.75, 3.05) is 32.4 Å². The minimum Gasteiger partial charge on any atom is -0.426 e. The van der Waals surface area contributed by atoms with Crippen molar-refractivity contribution in [1.82, 2.24) is 20.9 Å². The predicted octanol–water partition coefficient (Wildman–Crippen LogP) is 0.778. The minimum atomic E-state index is -3.41. The topological polar surface area (TPSA) is 134 Å². The summed E-state index contributed by atoms with van der Waals surface area (Å²) in [4.78, 5) is 39.2. The zero-order valence-electron chi connectivity index (χ0n) is 18.3. The number of likely N-dealkylation sites (tertiary alicyclic amines) is 1. The Bertz CT molecular complexity index is 1020. The quantitative estimate of drug-likeness (QED) is 0.317. The number of amides is 2. The molecule has 33 heavy (non-hydrogen) atoms. The second-order valence-electron chi connectivity index (χ2n) is 7.76. The molecule has 0 bridgehead atoms. The van der Waals surface area contributed by atoms with E-state index in [0.29, 0.717) is 6.54 Å². The van der Waals surface area contributed by atoms with Crippen molar-refractivity contribution in [2.24, 2.45) is 0 Å². The Morgan fingerprint density at radius 2 is 1.91 bits per heavy atom. The van der Waals surface area contributed by atoms with Gasteiger partial charge in [0.1, 0.15) is 10.8 Å². The third-order valence-electron chi connectivity index (χ3n) is 5.11. The number of hydrogen-bond acceptors (Lipinski definition) is 9. The molecule has 0 spiro atoms. The van der Waals surface area contributed by atoms with Crippen molar-refractivity contribution in [1.29, 1.82) is 0 Å². The third kappa shape index (κ3) is 7.76. The van der Waals surface area contributed by atoms with E-state index in [9.17, 15) is 22.8 Å². The van der Waals surface area contributed by atoms with Gasteiger partial charge in [-0.2, -0.15) is 0 Å². The molecule has 1 aromatic carbocycles. The average Bonchev–Trinajstić information content (AvgIpc) is 3.45. The fourth-order valence-electron chi connectivity index (χ4n) is 3.37. The van der Waals surface area contributed by atoms with Crippen LogP contribution in [0.2, 0.25) is 0 Å². The number of sulfone groups is 1. The molecule has 2 heterocycles. The molecule has 1 atom stereocenters. The molecular weight excluding hydrogens is 468 g/mol. The van der Waals surface area contributed by atoms with E-state index >= 15 is 0 Å². The van der Waals surface area contributed by atoms with Crippen LogP contribution >= 0.6 is 11.8 Å². The van der Waals surface area contributed by atoms with Crippen LogP contribution in [0.3, 0.4) is 0 Å². The summed E-state index contributed by atoms with van der Waals surface area (Å²) in [7, 11) is -3.41. The maximum atomic E-state index is 12.7. The van der Waals surface area contributed by atoms with E-state index in [1.807, 2.05) is 0 Å². The molecule has 1 saturated heterocycles. The number of rotatable bonds is 10. The summed E-state index contributed by atoms with van der Waals surface area (Å²) in [5.74, 6) is -1.32. The number of nitrogens with zero attached hydrogens (tertiary/aromatic N) is 1. The Balaban J connectivity index is 1.45. The largest absolute Gasteiger partial charge is 0.426 e. The van der Waals surface area contributed by atoms with Crippen LogP contribution in [0.25, 0.3) is 0 Å². The van der Waals surface area contributed by atoms with Gasteiger partial charge in [-0.1, -0.05) is 23.9 Å². The average molecular weight is 497 g/mol. The maximum Gasteiger partial charge on any atom is 0.311 e. The Morgan fingerprint density at radius 3 is 2.61 bits per heavy atom. The highest BCUT2D eigenvalue weighted by Crippen LogP contribution is 2.24. The van der Waals surface area contributed by atoms with Crippen LogP contribution in [-0.2, 0) is 19.4 Å². The van der Waals surface area contributed by atoms with Crippen LogP contribution in [0, 0.1) is 0 Å². The van der Waals surface area contributed by atoms with Crippen molar-refractivity contribution >= 4 is 39.4 Å². The molecule has 10 nitrogen and oxygen atoms in total. The van der Waals surface area contributed by atoms with Gasteiger partial charge >= 0.3 is 5.97 Å². The van der Waals surface area contributed by atoms with Crippen LogP contribution in [0.1, 0.15) is 36.0 Å². The van der Waals surface area contributed by atoms with Crippen LogP contribution in [0.4, 0.5) is 0 Å². The summed E-state index contributed by atoms with van der Waals surface area (Å²) in [6, 6.07) is 6.22. The molecule has 3 rings (SSSR count). The van der Waals surface area contributed by atoms with E-state index in [1.165, 1.54) is 30.4 Å². The number of para-hydroxylation sites is 1. The van der Waals surface area contributed by atoms with Gasteiger partial charge in [-0.15, -0.1) is 0 Å². The highest BCUT2D eigenvalue weighted by atomic mass is 32.2. The number of nitrogens with one attached hydrogen (secondary N) is 3. The van der Waals surface area contributed by atoms with E-state index < -0.39 is 27.2 Å². The second kappa shape index (κ2) is 11.5. The van der Waals surface area contributed by atoms with Gasteiger partial charge in [0.05, 0.1) is 12.0 Å². The van der Waals surface area contributed by atoms with E-state index in [0.717, 1.165) is 37.7 Å². The lowest BCUT2D eigenvalue weighted by molar-refractivity contribution is -0.136. The van der Waals surface area contributed by atoms with E-state index in [4.69, 9.17) is 4.74 Å². The molecule has 0 radical (unpaired) electrons. The smallest absolute Gasteiger partial charge is 0.311 e. The van der Waals surface area contributed by atoms with Crippen LogP contribution < -0.4 is 20.7 Å².